The third-order valence-corrected chi connectivity index (χ3v) is 2.18. The number of nitrogen functional groups attached to an aromatic ring is 1. The van der Waals surface area contributed by atoms with Gasteiger partial charge in [0.05, 0.1) is 17.9 Å². The highest BCUT2D eigenvalue weighted by atomic mass is 19.1. The van der Waals surface area contributed by atoms with E-state index in [-0.39, 0.29) is 17.9 Å². The van der Waals surface area contributed by atoms with Crippen LogP contribution in [0.4, 0.5) is 14.5 Å². The Bertz CT molecular complexity index is 424. The molecule has 0 radical (unpaired) electrons. The van der Waals surface area contributed by atoms with E-state index in [0.717, 1.165) is 6.07 Å². The first-order chi connectivity index (χ1) is 8.56. The zero-order valence-corrected chi connectivity index (χ0v) is 10.0. The maximum absolute atomic E-state index is 13.3. The fraction of sp³-hybridized carbons (Fsp3) is 0.417. The summed E-state index contributed by atoms with van der Waals surface area (Å²) in [4.78, 5) is 11.5. The van der Waals surface area contributed by atoms with Crippen molar-refractivity contribution in [3.63, 3.8) is 0 Å². The largest absolute Gasteiger partial charge is 0.462 e. The van der Waals surface area contributed by atoms with Gasteiger partial charge in [0.15, 0.2) is 0 Å². The number of ether oxygens (including phenoxy) is 2. The summed E-state index contributed by atoms with van der Waals surface area (Å²) < 4.78 is 36.0. The summed E-state index contributed by atoms with van der Waals surface area (Å²) in [6, 6.07) is 1.49. The number of carbonyl (C=O) groups excluding carboxylic acids is 1. The molecule has 1 rings (SSSR count). The van der Waals surface area contributed by atoms with Crippen molar-refractivity contribution in [2.45, 2.75) is 13.3 Å². The van der Waals surface area contributed by atoms with Gasteiger partial charge in [-0.2, -0.15) is 0 Å². The smallest absolute Gasteiger partial charge is 0.341 e. The average molecular weight is 259 g/mol. The van der Waals surface area contributed by atoms with Crippen LogP contribution < -0.4 is 5.73 Å². The molecule has 2 N–H and O–H groups in total. The summed E-state index contributed by atoms with van der Waals surface area (Å²) in [5, 5.41) is 0. The number of esters is 1. The summed E-state index contributed by atoms with van der Waals surface area (Å²) in [5.41, 5.74) is 4.59. The number of hydrogen-bond acceptors (Lipinski definition) is 4. The molecule has 0 saturated heterocycles. The van der Waals surface area contributed by atoms with Gasteiger partial charge in [-0.3, -0.25) is 0 Å². The van der Waals surface area contributed by atoms with Crippen LogP contribution in [0.15, 0.2) is 12.1 Å². The maximum Gasteiger partial charge on any atom is 0.341 e. The van der Waals surface area contributed by atoms with Gasteiger partial charge in [-0.25, -0.2) is 13.6 Å². The molecule has 0 aliphatic heterocycles. The van der Waals surface area contributed by atoms with Crippen molar-refractivity contribution in [3.05, 3.63) is 29.3 Å². The van der Waals surface area contributed by atoms with Crippen molar-refractivity contribution < 1.29 is 23.0 Å². The molecular weight excluding hydrogens is 244 g/mol. The molecule has 18 heavy (non-hydrogen) atoms. The molecule has 0 aromatic heterocycles. The first-order valence-electron chi connectivity index (χ1n) is 5.55. The number of carbonyl (C=O) groups is 1. The molecular formula is C12H15F2NO3. The van der Waals surface area contributed by atoms with Crippen molar-refractivity contribution in [1.29, 1.82) is 0 Å². The van der Waals surface area contributed by atoms with Gasteiger partial charge in [-0.05, 0) is 13.0 Å². The number of benzene rings is 1. The standard InChI is InChI=1S/C12H15F2NO3/c1-2-17-4-3-5-18-12(16)8-6-11(15)10(14)7-9(8)13/h6-7H,2-5,15H2,1H3. The summed E-state index contributed by atoms with van der Waals surface area (Å²) in [5.74, 6) is -2.76. The molecule has 1 aromatic carbocycles. The van der Waals surface area contributed by atoms with Crippen LogP contribution in [-0.4, -0.2) is 25.8 Å². The van der Waals surface area contributed by atoms with E-state index in [2.05, 4.69) is 0 Å². The molecule has 0 unspecified atom stereocenters. The summed E-state index contributed by atoms with van der Waals surface area (Å²) in [7, 11) is 0. The van der Waals surface area contributed by atoms with E-state index in [9.17, 15) is 13.6 Å². The van der Waals surface area contributed by atoms with Gasteiger partial charge in [0.25, 0.3) is 0 Å². The molecule has 6 heteroatoms. The molecule has 100 valence electrons. The number of halogens is 2. The minimum Gasteiger partial charge on any atom is -0.462 e. The molecule has 0 spiro atoms. The summed E-state index contributed by atoms with van der Waals surface area (Å²) in [6.07, 6.45) is 0.512. The number of hydrogen-bond donors (Lipinski definition) is 1. The van der Waals surface area contributed by atoms with Crippen LogP contribution in [0.2, 0.25) is 0 Å². The highest BCUT2D eigenvalue weighted by Crippen LogP contribution is 2.17. The van der Waals surface area contributed by atoms with E-state index < -0.39 is 17.6 Å². The third-order valence-electron chi connectivity index (χ3n) is 2.18. The fourth-order valence-corrected chi connectivity index (χ4v) is 1.27. The number of nitrogens with two attached hydrogens (primary N) is 1. The highest BCUT2D eigenvalue weighted by molar-refractivity contribution is 5.90. The molecule has 0 fully saturated rings. The molecule has 0 bridgehead atoms. The van der Waals surface area contributed by atoms with E-state index in [1.54, 1.807) is 0 Å². The molecule has 0 aliphatic carbocycles. The Labute approximate surface area is 104 Å². The molecule has 0 aliphatic rings. The van der Waals surface area contributed by atoms with Crippen molar-refractivity contribution in [3.8, 4) is 0 Å². The Morgan fingerprint density at radius 1 is 1.28 bits per heavy atom. The predicted octanol–water partition coefficient (Wildman–Crippen LogP) is 2.13. The van der Waals surface area contributed by atoms with Gasteiger partial charge < -0.3 is 15.2 Å². The van der Waals surface area contributed by atoms with Crippen LogP contribution in [0.3, 0.4) is 0 Å². The van der Waals surface area contributed by atoms with Gasteiger partial charge in [0, 0.05) is 25.7 Å². The average Bonchev–Trinajstić information content (AvgIpc) is 2.33. The Kier molecular flexibility index (Phi) is 5.51. The zero-order valence-electron chi connectivity index (χ0n) is 10.0. The van der Waals surface area contributed by atoms with E-state index in [0.29, 0.717) is 25.7 Å². The van der Waals surface area contributed by atoms with Crippen molar-refractivity contribution in [2.75, 3.05) is 25.6 Å². The van der Waals surface area contributed by atoms with Crippen molar-refractivity contribution in [1.82, 2.24) is 0 Å². The Morgan fingerprint density at radius 2 is 2.00 bits per heavy atom. The van der Waals surface area contributed by atoms with Gasteiger partial charge in [-0.1, -0.05) is 0 Å². The molecule has 1 aromatic rings. The Morgan fingerprint density at radius 3 is 2.67 bits per heavy atom. The van der Waals surface area contributed by atoms with Gasteiger partial charge in [0.2, 0.25) is 0 Å². The Hall–Kier alpha value is -1.69. The quantitative estimate of drug-likeness (QED) is 0.483. The van der Waals surface area contributed by atoms with Crippen LogP contribution in [0.25, 0.3) is 0 Å². The molecule has 4 nitrogen and oxygen atoms in total. The van der Waals surface area contributed by atoms with Crippen LogP contribution in [0.1, 0.15) is 23.7 Å². The molecule has 0 heterocycles. The minimum absolute atomic E-state index is 0.107. The number of anilines is 1. The normalized spacial score (nSPS) is 10.4. The van der Waals surface area contributed by atoms with Crippen LogP contribution in [0.5, 0.6) is 0 Å². The number of rotatable bonds is 6. The maximum atomic E-state index is 13.3. The fourth-order valence-electron chi connectivity index (χ4n) is 1.27. The third kappa shape index (κ3) is 3.96. The summed E-state index contributed by atoms with van der Waals surface area (Å²) in [6.45, 7) is 2.99. The first-order valence-corrected chi connectivity index (χ1v) is 5.55. The zero-order chi connectivity index (χ0) is 13.5. The van der Waals surface area contributed by atoms with Gasteiger partial charge in [-0.15, -0.1) is 0 Å². The second-order valence-electron chi connectivity index (χ2n) is 3.54. The lowest BCUT2D eigenvalue weighted by Crippen LogP contribution is -2.11. The molecule has 0 saturated carbocycles. The lowest BCUT2D eigenvalue weighted by molar-refractivity contribution is 0.0447. The summed E-state index contributed by atoms with van der Waals surface area (Å²) >= 11 is 0. The molecule has 0 amide bonds. The van der Waals surface area contributed by atoms with Crippen LogP contribution in [-0.2, 0) is 9.47 Å². The molecule has 0 atom stereocenters. The predicted molar refractivity (Wildman–Crippen MR) is 62.2 cm³/mol. The van der Waals surface area contributed by atoms with E-state index in [1.165, 1.54) is 0 Å². The van der Waals surface area contributed by atoms with Crippen molar-refractivity contribution >= 4 is 11.7 Å². The van der Waals surface area contributed by atoms with E-state index >= 15 is 0 Å². The lowest BCUT2D eigenvalue weighted by atomic mass is 10.2. The van der Waals surface area contributed by atoms with E-state index in [1.807, 2.05) is 6.92 Å². The SMILES string of the molecule is CCOCCCOC(=O)c1cc(N)c(F)cc1F. The van der Waals surface area contributed by atoms with Crippen molar-refractivity contribution in [2.24, 2.45) is 0 Å². The monoisotopic (exact) mass is 259 g/mol. The highest BCUT2D eigenvalue weighted by Gasteiger charge is 2.16. The lowest BCUT2D eigenvalue weighted by Gasteiger charge is -2.07. The van der Waals surface area contributed by atoms with Crippen LogP contribution >= 0.6 is 0 Å². The van der Waals surface area contributed by atoms with Crippen LogP contribution in [0, 0.1) is 11.6 Å². The van der Waals surface area contributed by atoms with Gasteiger partial charge >= 0.3 is 5.97 Å². The first kappa shape index (κ1) is 14.4. The second-order valence-corrected chi connectivity index (χ2v) is 3.54. The topological polar surface area (TPSA) is 61.5 Å². The minimum atomic E-state index is -0.989. The van der Waals surface area contributed by atoms with E-state index in [4.69, 9.17) is 15.2 Å². The Balaban J connectivity index is 2.54. The van der Waals surface area contributed by atoms with Gasteiger partial charge in [0.1, 0.15) is 11.6 Å². The second kappa shape index (κ2) is 6.90.